The molecule has 0 spiro atoms. The number of nitrogens with one attached hydrogen (secondary N) is 1. The van der Waals surface area contributed by atoms with Crippen molar-refractivity contribution < 1.29 is 18.7 Å². The van der Waals surface area contributed by atoms with Crippen LogP contribution in [0.2, 0.25) is 5.15 Å². The minimum Gasteiger partial charge on any atom is -0.452 e. The number of nitrogens with zero attached hydrogens (tertiary/aromatic N) is 2. The molecule has 0 bridgehead atoms. The predicted octanol–water partition coefficient (Wildman–Crippen LogP) is 3.79. The van der Waals surface area contributed by atoms with Gasteiger partial charge < -0.3 is 4.74 Å². The third kappa shape index (κ3) is 4.62. The molecule has 0 saturated carbocycles. The number of rotatable bonds is 5. The number of carbonyl (C=O) groups is 2. The van der Waals surface area contributed by atoms with Crippen LogP contribution in [-0.4, -0.2) is 28.5 Å². The number of thiazole rings is 1. The molecule has 0 aliphatic heterocycles. The zero-order valence-corrected chi connectivity index (χ0v) is 14.7. The van der Waals surface area contributed by atoms with Gasteiger partial charge in [-0.1, -0.05) is 11.6 Å². The monoisotopic (exact) mass is 391 g/mol. The molecule has 2 aromatic heterocycles. The highest BCUT2D eigenvalue weighted by atomic mass is 35.5. The van der Waals surface area contributed by atoms with Gasteiger partial charge in [-0.25, -0.2) is 19.2 Å². The van der Waals surface area contributed by atoms with Crippen LogP contribution in [0.5, 0.6) is 0 Å². The van der Waals surface area contributed by atoms with Crippen molar-refractivity contribution in [2.24, 2.45) is 0 Å². The van der Waals surface area contributed by atoms with Crippen LogP contribution in [-0.2, 0) is 9.53 Å². The number of ether oxygens (including phenoxy) is 1. The summed E-state index contributed by atoms with van der Waals surface area (Å²) in [5, 5.41) is 4.77. The Labute approximate surface area is 156 Å². The highest BCUT2D eigenvalue weighted by Gasteiger charge is 2.13. The predicted molar refractivity (Wildman–Crippen MR) is 95.7 cm³/mol. The number of benzene rings is 1. The average Bonchev–Trinajstić information content (AvgIpc) is 3.08. The number of aromatic nitrogens is 2. The molecule has 0 saturated heterocycles. The number of anilines is 1. The Hall–Kier alpha value is -2.84. The first-order chi connectivity index (χ1) is 12.5. The Balaban J connectivity index is 1.55. The summed E-state index contributed by atoms with van der Waals surface area (Å²) in [6.45, 7) is -0.468. The quantitative estimate of drug-likeness (QED) is 0.528. The molecule has 3 rings (SSSR count). The van der Waals surface area contributed by atoms with Crippen LogP contribution in [0, 0.1) is 5.82 Å². The Morgan fingerprint density at radius 3 is 2.73 bits per heavy atom. The summed E-state index contributed by atoms with van der Waals surface area (Å²) in [7, 11) is 0. The van der Waals surface area contributed by atoms with Crippen LogP contribution >= 0.6 is 22.9 Å². The third-order valence-corrected chi connectivity index (χ3v) is 4.15. The number of carbonyl (C=O) groups excluding carboxylic acids is 2. The molecule has 0 radical (unpaired) electrons. The van der Waals surface area contributed by atoms with Crippen LogP contribution in [0.4, 0.5) is 9.52 Å². The van der Waals surface area contributed by atoms with Gasteiger partial charge in [-0.05, 0) is 36.4 Å². The minimum atomic E-state index is -0.685. The Bertz CT molecular complexity index is 946. The molecule has 2 heterocycles. The number of halogens is 2. The van der Waals surface area contributed by atoms with Crippen molar-refractivity contribution >= 4 is 39.9 Å². The van der Waals surface area contributed by atoms with Crippen molar-refractivity contribution in [1.29, 1.82) is 0 Å². The fourth-order valence-electron chi connectivity index (χ4n) is 1.98. The summed E-state index contributed by atoms with van der Waals surface area (Å²) in [6.07, 6.45) is 1.37. The van der Waals surface area contributed by atoms with Gasteiger partial charge in [0.1, 0.15) is 11.0 Å². The lowest BCUT2D eigenvalue weighted by atomic mass is 10.2. The first-order valence-electron chi connectivity index (χ1n) is 7.31. The molecule has 0 aliphatic rings. The van der Waals surface area contributed by atoms with Crippen molar-refractivity contribution in [1.82, 2.24) is 9.97 Å². The highest BCUT2D eigenvalue weighted by molar-refractivity contribution is 7.14. The number of hydrogen-bond acceptors (Lipinski definition) is 6. The Morgan fingerprint density at radius 1 is 1.23 bits per heavy atom. The van der Waals surface area contributed by atoms with E-state index in [1.807, 2.05) is 0 Å². The molecule has 1 N–H and O–H groups in total. The van der Waals surface area contributed by atoms with Crippen molar-refractivity contribution in [3.63, 3.8) is 0 Å². The van der Waals surface area contributed by atoms with E-state index in [0.717, 1.165) is 5.56 Å². The van der Waals surface area contributed by atoms with E-state index in [1.54, 1.807) is 17.5 Å². The second-order valence-electron chi connectivity index (χ2n) is 5.04. The first kappa shape index (κ1) is 18.0. The molecule has 1 amide bonds. The molecule has 6 nitrogen and oxygen atoms in total. The standard InChI is InChI=1S/C17H11ClFN3O3S/c18-14-7-11(5-6-20-14)16(24)25-8-15(23)22-17-21-13(9-26-17)10-1-3-12(19)4-2-10/h1-7,9H,8H2,(H,21,22,23). The summed E-state index contributed by atoms with van der Waals surface area (Å²) < 4.78 is 17.9. The normalized spacial score (nSPS) is 10.4. The van der Waals surface area contributed by atoms with Crippen LogP contribution < -0.4 is 5.32 Å². The lowest BCUT2D eigenvalue weighted by Gasteiger charge is -2.04. The molecule has 9 heteroatoms. The average molecular weight is 392 g/mol. The Morgan fingerprint density at radius 2 is 2.00 bits per heavy atom. The van der Waals surface area contributed by atoms with E-state index < -0.39 is 18.5 Å². The number of amides is 1. The van der Waals surface area contributed by atoms with Crippen LogP contribution in [0.25, 0.3) is 11.3 Å². The van der Waals surface area contributed by atoms with Crippen molar-refractivity contribution in [3.8, 4) is 11.3 Å². The van der Waals surface area contributed by atoms with Crippen LogP contribution in [0.1, 0.15) is 10.4 Å². The van der Waals surface area contributed by atoms with Gasteiger partial charge in [-0.3, -0.25) is 10.1 Å². The molecule has 132 valence electrons. The van der Waals surface area contributed by atoms with Crippen LogP contribution in [0.15, 0.2) is 48.0 Å². The molecule has 3 aromatic rings. The van der Waals surface area contributed by atoms with E-state index in [1.165, 1.54) is 41.8 Å². The summed E-state index contributed by atoms with van der Waals surface area (Å²) in [4.78, 5) is 31.7. The molecule has 0 fully saturated rings. The van der Waals surface area contributed by atoms with Gasteiger partial charge >= 0.3 is 5.97 Å². The maximum atomic E-state index is 12.9. The van der Waals surface area contributed by atoms with Gasteiger partial charge in [-0.15, -0.1) is 11.3 Å². The van der Waals surface area contributed by atoms with E-state index in [-0.39, 0.29) is 16.5 Å². The number of pyridine rings is 1. The molecule has 1 aromatic carbocycles. The molecule has 26 heavy (non-hydrogen) atoms. The maximum absolute atomic E-state index is 12.9. The topological polar surface area (TPSA) is 81.2 Å². The smallest absolute Gasteiger partial charge is 0.338 e. The Kier molecular flexibility index (Phi) is 5.55. The van der Waals surface area contributed by atoms with Gasteiger partial charge in [0, 0.05) is 17.1 Å². The first-order valence-corrected chi connectivity index (χ1v) is 8.57. The van der Waals surface area contributed by atoms with Crippen molar-refractivity contribution in [2.75, 3.05) is 11.9 Å². The van der Waals surface area contributed by atoms with Gasteiger partial charge in [0.05, 0.1) is 11.3 Å². The maximum Gasteiger partial charge on any atom is 0.338 e. The van der Waals surface area contributed by atoms with E-state index in [2.05, 4.69) is 15.3 Å². The molecule has 0 atom stereocenters. The largest absolute Gasteiger partial charge is 0.452 e. The third-order valence-electron chi connectivity index (χ3n) is 3.19. The SMILES string of the molecule is O=C(COC(=O)c1ccnc(Cl)c1)Nc1nc(-c2ccc(F)cc2)cs1. The fraction of sp³-hybridized carbons (Fsp3) is 0.0588. The number of esters is 1. The molecular formula is C17H11ClFN3O3S. The lowest BCUT2D eigenvalue weighted by Crippen LogP contribution is -2.20. The van der Waals surface area contributed by atoms with E-state index in [0.29, 0.717) is 10.8 Å². The van der Waals surface area contributed by atoms with E-state index >= 15 is 0 Å². The van der Waals surface area contributed by atoms with E-state index in [4.69, 9.17) is 16.3 Å². The second kappa shape index (κ2) is 8.03. The zero-order valence-electron chi connectivity index (χ0n) is 13.1. The zero-order chi connectivity index (χ0) is 18.5. The fourth-order valence-corrected chi connectivity index (χ4v) is 2.89. The van der Waals surface area contributed by atoms with Gasteiger partial charge in [0.15, 0.2) is 11.7 Å². The van der Waals surface area contributed by atoms with Crippen molar-refractivity contribution in [3.05, 3.63) is 64.5 Å². The highest BCUT2D eigenvalue weighted by Crippen LogP contribution is 2.25. The summed E-state index contributed by atoms with van der Waals surface area (Å²) in [5.74, 6) is -1.55. The molecule has 0 unspecified atom stereocenters. The van der Waals surface area contributed by atoms with Crippen molar-refractivity contribution in [2.45, 2.75) is 0 Å². The summed E-state index contributed by atoms with van der Waals surface area (Å²) in [5.41, 5.74) is 1.53. The summed E-state index contributed by atoms with van der Waals surface area (Å²) in [6, 6.07) is 8.63. The minimum absolute atomic E-state index is 0.153. The van der Waals surface area contributed by atoms with Gasteiger partial charge in [-0.2, -0.15) is 0 Å². The second-order valence-corrected chi connectivity index (χ2v) is 6.28. The van der Waals surface area contributed by atoms with Gasteiger partial charge in [0.2, 0.25) is 0 Å². The lowest BCUT2D eigenvalue weighted by molar-refractivity contribution is -0.119. The molecule has 0 aliphatic carbocycles. The molecular weight excluding hydrogens is 381 g/mol. The van der Waals surface area contributed by atoms with Crippen LogP contribution in [0.3, 0.4) is 0 Å². The summed E-state index contributed by atoms with van der Waals surface area (Å²) >= 11 is 6.90. The van der Waals surface area contributed by atoms with Gasteiger partial charge in [0.25, 0.3) is 5.91 Å². The van der Waals surface area contributed by atoms with E-state index in [9.17, 15) is 14.0 Å². The number of hydrogen-bond donors (Lipinski definition) is 1.